The smallest absolute Gasteiger partial charge is 0.271 e. The molecule has 4 heterocycles. The van der Waals surface area contributed by atoms with E-state index in [4.69, 9.17) is 0 Å². The lowest BCUT2D eigenvalue weighted by atomic mass is 10.1. The molecule has 0 radical (unpaired) electrons. The van der Waals surface area contributed by atoms with Crippen LogP contribution >= 0.6 is 0 Å². The van der Waals surface area contributed by atoms with Crippen LogP contribution in [0.4, 0.5) is 0 Å². The average Bonchev–Trinajstić information content (AvgIpc) is 3.20. The first-order chi connectivity index (χ1) is 13.7. The van der Waals surface area contributed by atoms with Crippen LogP contribution < -0.4 is 5.32 Å². The summed E-state index contributed by atoms with van der Waals surface area (Å²) >= 11 is 0. The van der Waals surface area contributed by atoms with Crippen molar-refractivity contribution in [3.05, 3.63) is 54.1 Å². The zero-order valence-corrected chi connectivity index (χ0v) is 16.1. The van der Waals surface area contributed by atoms with Crippen molar-refractivity contribution in [2.45, 2.75) is 38.4 Å². The molecule has 7 nitrogen and oxygen atoms in total. The number of likely N-dealkylation sites (tertiary alicyclic amines) is 1. The summed E-state index contributed by atoms with van der Waals surface area (Å²) in [6.45, 7) is 4.55. The molecule has 1 atom stereocenters. The van der Waals surface area contributed by atoms with Crippen LogP contribution in [0.15, 0.2) is 42.9 Å². The minimum atomic E-state index is -0.519. The monoisotopic (exact) mass is 381 g/mol. The summed E-state index contributed by atoms with van der Waals surface area (Å²) in [5.74, 6) is -0.204. The molecular formula is C21H27N5O2. The molecular weight excluding hydrogens is 354 g/mol. The maximum atomic E-state index is 13.0. The highest BCUT2D eigenvalue weighted by molar-refractivity contribution is 5.97. The number of piperidine rings is 1. The molecule has 0 aliphatic carbocycles. The van der Waals surface area contributed by atoms with Gasteiger partial charge in [0.2, 0.25) is 5.91 Å². The second kappa shape index (κ2) is 8.56. The Hall–Kier alpha value is -2.67. The lowest BCUT2D eigenvalue weighted by molar-refractivity contribution is -0.126. The van der Waals surface area contributed by atoms with Gasteiger partial charge in [0.15, 0.2) is 0 Å². The minimum Gasteiger partial charge on any atom is -0.353 e. The average molecular weight is 381 g/mol. The van der Waals surface area contributed by atoms with Crippen molar-refractivity contribution in [3.8, 4) is 0 Å². The molecule has 1 saturated heterocycles. The second-order valence-corrected chi connectivity index (χ2v) is 7.55. The van der Waals surface area contributed by atoms with Gasteiger partial charge in [-0.05, 0) is 49.7 Å². The van der Waals surface area contributed by atoms with E-state index in [-0.39, 0.29) is 11.8 Å². The Balaban J connectivity index is 1.44. The molecule has 2 aliphatic heterocycles. The topological polar surface area (TPSA) is 70.5 Å². The predicted octanol–water partition coefficient (Wildman–Crippen LogP) is 1.51. The molecule has 148 valence electrons. The molecule has 1 N–H and O–H groups in total. The van der Waals surface area contributed by atoms with Crippen LogP contribution in [0.3, 0.4) is 0 Å². The fraction of sp³-hybridized carbons (Fsp3) is 0.476. The molecule has 2 aromatic heterocycles. The zero-order valence-electron chi connectivity index (χ0n) is 16.1. The van der Waals surface area contributed by atoms with Crippen LogP contribution in [0, 0.1) is 0 Å². The van der Waals surface area contributed by atoms with Gasteiger partial charge in [-0.2, -0.15) is 0 Å². The molecule has 28 heavy (non-hydrogen) atoms. The van der Waals surface area contributed by atoms with E-state index in [1.807, 2.05) is 35.0 Å². The van der Waals surface area contributed by atoms with Gasteiger partial charge in [0.05, 0.1) is 6.54 Å². The Labute approximate surface area is 165 Å². The summed E-state index contributed by atoms with van der Waals surface area (Å²) in [5.41, 5.74) is 1.54. The third kappa shape index (κ3) is 4.09. The first-order valence-electron chi connectivity index (χ1n) is 10.1. The minimum absolute atomic E-state index is 0.0893. The Morgan fingerprint density at radius 1 is 1.18 bits per heavy atom. The lowest BCUT2D eigenvalue weighted by Gasteiger charge is -2.36. The van der Waals surface area contributed by atoms with Gasteiger partial charge in [-0.3, -0.25) is 14.6 Å². The van der Waals surface area contributed by atoms with Crippen molar-refractivity contribution in [1.82, 2.24) is 24.7 Å². The maximum absolute atomic E-state index is 13.0. The van der Waals surface area contributed by atoms with Crippen molar-refractivity contribution in [1.29, 1.82) is 0 Å². The highest BCUT2D eigenvalue weighted by Crippen LogP contribution is 2.21. The molecule has 2 aliphatic rings. The fourth-order valence-corrected chi connectivity index (χ4v) is 4.07. The van der Waals surface area contributed by atoms with Gasteiger partial charge in [0, 0.05) is 38.2 Å². The highest BCUT2D eigenvalue weighted by Gasteiger charge is 2.36. The number of pyridine rings is 1. The predicted molar refractivity (Wildman–Crippen MR) is 106 cm³/mol. The molecule has 4 rings (SSSR count). The number of carbonyl (C=O) groups is 2. The first-order valence-corrected chi connectivity index (χ1v) is 10.1. The number of fused-ring (bicyclic) bond motifs is 1. The van der Waals surface area contributed by atoms with Gasteiger partial charge < -0.3 is 19.7 Å². The summed E-state index contributed by atoms with van der Waals surface area (Å²) in [6.07, 6.45) is 9.09. The van der Waals surface area contributed by atoms with Crippen molar-refractivity contribution in [3.63, 3.8) is 0 Å². The van der Waals surface area contributed by atoms with Crippen LogP contribution in [0.1, 0.15) is 35.3 Å². The van der Waals surface area contributed by atoms with Gasteiger partial charge in [-0.1, -0.05) is 12.5 Å². The number of hydrogen-bond acceptors (Lipinski definition) is 4. The fourth-order valence-electron chi connectivity index (χ4n) is 4.07. The van der Waals surface area contributed by atoms with E-state index in [1.54, 1.807) is 17.3 Å². The van der Waals surface area contributed by atoms with Gasteiger partial charge in [-0.15, -0.1) is 0 Å². The lowest BCUT2D eigenvalue weighted by Crippen LogP contribution is -2.55. The first kappa shape index (κ1) is 18.7. The van der Waals surface area contributed by atoms with Crippen molar-refractivity contribution in [2.75, 3.05) is 26.2 Å². The summed E-state index contributed by atoms with van der Waals surface area (Å²) < 4.78 is 1.87. The molecule has 2 amide bonds. The molecule has 0 bridgehead atoms. The van der Waals surface area contributed by atoms with E-state index >= 15 is 0 Å². The van der Waals surface area contributed by atoms with Crippen LogP contribution in [0.2, 0.25) is 0 Å². The van der Waals surface area contributed by atoms with Crippen LogP contribution in [0.25, 0.3) is 0 Å². The van der Waals surface area contributed by atoms with E-state index in [2.05, 4.69) is 15.2 Å². The van der Waals surface area contributed by atoms with Gasteiger partial charge in [0.25, 0.3) is 5.91 Å². The number of hydrogen-bond donors (Lipinski definition) is 1. The largest absolute Gasteiger partial charge is 0.353 e. The molecule has 7 heteroatoms. The van der Waals surface area contributed by atoms with E-state index < -0.39 is 6.04 Å². The van der Waals surface area contributed by atoms with Gasteiger partial charge in [0.1, 0.15) is 11.7 Å². The number of amides is 2. The Morgan fingerprint density at radius 3 is 2.82 bits per heavy atom. The van der Waals surface area contributed by atoms with Gasteiger partial charge in [-0.25, -0.2) is 0 Å². The maximum Gasteiger partial charge on any atom is 0.271 e. The molecule has 0 saturated carbocycles. The van der Waals surface area contributed by atoms with E-state index in [0.717, 1.165) is 25.2 Å². The summed E-state index contributed by atoms with van der Waals surface area (Å²) in [6, 6.07) is 6.92. The van der Waals surface area contributed by atoms with Crippen LogP contribution in [0.5, 0.6) is 0 Å². The Morgan fingerprint density at radius 2 is 2.04 bits per heavy atom. The Bertz CT molecular complexity index is 813. The third-order valence-corrected chi connectivity index (χ3v) is 5.61. The molecule has 0 spiro atoms. The van der Waals surface area contributed by atoms with Crippen molar-refractivity contribution in [2.24, 2.45) is 0 Å². The van der Waals surface area contributed by atoms with E-state index in [1.165, 1.54) is 19.3 Å². The van der Waals surface area contributed by atoms with Crippen LogP contribution in [-0.4, -0.2) is 63.4 Å². The van der Waals surface area contributed by atoms with Crippen molar-refractivity contribution < 1.29 is 9.59 Å². The summed E-state index contributed by atoms with van der Waals surface area (Å²) in [7, 11) is 0. The summed E-state index contributed by atoms with van der Waals surface area (Å²) in [5, 5.41) is 3.06. The number of carbonyl (C=O) groups excluding carboxylic acids is 2. The SMILES string of the molecule is O=C(NCCN1CCCCC1)C1Cn2cccc2C(=O)N1Cc1cccnc1. The van der Waals surface area contributed by atoms with E-state index in [9.17, 15) is 9.59 Å². The standard InChI is InChI=1S/C21H27N5O2/c27-20(23-9-13-24-10-2-1-3-11-24)19-16-25-12-5-7-18(25)21(28)26(19)15-17-6-4-8-22-14-17/h4-8,12,14,19H,1-3,9-11,13,15-16H2,(H,23,27). The normalized spacial score (nSPS) is 20.1. The number of nitrogens with zero attached hydrogens (tertiary/aromatic N) is 4. The molecule has 1 unspecified atom stereocenters. The quantitative estimate of drug-likeness (QED) is 0.823. The highest BCUT2D eigenvalue weighted by atomic mass is 16.2. The van der Waals surface area contributed by atoms with E-state index in [0.29, 0.717) is 25.3 Å². The number of rotatable bonds is 6. The Kier molecular flexibility index (Phi) is 5.71. The number of nitrogens with one attached hydrogen (secondary N) is 1. The van der Waals surface area contributed by atoms with Crippen molar-refractivity contribution >= 4 is 11.8 Å². The van der Waals surface area contributed by atoms with Gasteiger partial charge >= 0.3 is 0 Å². The second-order valence-electron chi connectivity index (χ2n) is 7.55. The molecule has 1 fully saturated rings. The van der Waals surface area contributed by atoms with Crippen LogP contribution in [-0.2, 0) is 17.9 Å². The number of aromatic nitrogens is 2. The summed E-state index contributed by atoms with van der Waals surface area (Å²) in [4.78, 5) is 34.2. The molecule has 2 aromatic rings. The third-order valence-electron chi connectivity index (χ3n) is 5.61. The molecule has 0 aromatic carbocycles. The zero-order chi connectivity index (χ0) is 19.3.